The van der Waals surface area contributed by atoms with Crippen LogP contribution >= 0.6 is 0 Å². The molecule has 0 spiro atoms. The van der Waals surface area contributed by atoms with Gasteiger partial charge >= 0.3 is 0 Å². The molecule has 27 heavy (non-hydrogen) atoms. The maximum atomic E-state index is 12.2. The van der Waals surface area contributed by atoms with E-state index in [0.29, 0.717) is 47.1 Å². The molecule has 2 aromatic rings. The molecule has 0 aliphatic carbocycles. The van der Waals surface area contributed by atoms with Gasteiger partial charge in [-0.25, -0.2) is 0 Å². The lowest BCUT2D eigenvalue weighted by Gasteiger charge is -2.12. The van der Waals surface area contributed by atoms with E-state index in [-0.39, 0.29) is 12.5 Å². The molecule has 7 heteroatoms. The first-order valence-electron chi connectivity index (χ1n) is 8.48. The fraction of sp³-hybridized carbons (Fsp3) is 0.300. The lowest BCUT2D eigenvalue weighted by atomic mass is 10.2. The molecule has 144 valence electrons. The molecule has 0 aromatic heterocycles. The van der Waals surface area contributed by atoms with Crippen LogP contribution in [0.1, 0.15) is 23.7 Å². The summed E-state index contributed by atoms with van der Waals surface area (Å²) in [6.45, 7) is 2.29. The molecule has 0 heterocycles. The van der Waals surface area contributed by atoms with Gasteiger partial charge in [0.1, 0.15) is 11.5 Å². The van der Waals surface area contributed by atoms with Gasteiger partial charge < -0.3 is 24.3 Å². The summed E-state index contributed by atoms with van der Waals surface area (Å²) in [6, 6.07) is 9.91. The van der Waals surface area contributed by atoms with Gasteiger partial charge in [0.05, 0.1) is 26.4 Å². The van der Waals surface area contributed by atoms with Crippen molar-refractivity contribution in [2.45, 2.75) is 13.3 Å². The van der Waals surface area contributed by atoms with E-state index in [0.717, 1.165) is 6.42 Å². The van der Waals surface area contributed by atoms with Gasteiger partial charge in [-0.1, -0.05) is 6.92 Å². The Kier molecular flexibility index (Phi) is 7.49. The molecule has 0 bridgehead atoms. The normalized spacial score (nSPS) is 10.0. The van der Waals surface area contributed by atoms with Crippen molar-refractivity contribution in [2.75, 3.05) is 32.8 Å². The van der Waals surface area contributed by atoms with E-state index in [1.54, 1.807) is 36.4 Å². The molecule has 0 aliphatic rings. The second kappa shape index (κ2) is 10.1. The van der Waals surface area contributed by atoms with Crippen molar-refractivity contribution in [1.82, 2.24) is 0 Å². The SMILES string of the molecule is CCCOc1ccc(C=O)c(OCC(=O)Nc2ccc(OC)c(OC)c2)c1. The number of anilines is 1. The number of carbonyl (C=O) groups excluding carboxylic acids is 2. The van der Waals surface area contributed by atoms with Crippen molar-refractivity contribution in [1.29, 1.82) is 0 Å². The van der Waals surface area contributed by atoms with Gasteiger partial charge in [0.2, 0.25) is 0 Å². The standard InChI is InChI=1S/C20H23NO6/c1-4-9-26-16-7-5-14(12-22)18(11-16)27-13-20(23)21-15-6-8-17(24-2)19(10-15)25-3/h5-8,10-12H,4,9,13H2,1-3H3,(H,21,23). The average Bonchev–Trinajstić information content (AvgIpc) is 2.70. The molecule has 2 aromatic carbocycles. The Morgan fingerprint density at radius 3 is 2.44 bits per heavy atom. The molecule has 0 fully saturated rings. The third kappa shape index (κ3) is 5.64. The maximum Gasteiger partial charge on any atom is 0.262 e. The second-order valence-electron chi connectivity index (χ2n) is 5.57. The van der Waals surface area contributed by atoms with Gasteiger partial charge in [-0.2, -0.15) is 0 Å². The first kappa shape index (κ1) is 20.1. The average molecular weight is 373 g/mol. The molecule has 0 aliphatic heterocycles. The molecule has 0 saturated heterocycles. The van der Waals surface area contributed by atoms with Crippen LogP contribution in [0.2, 0.25) is 0 Å². The highest BCUT2D eigenvalue weighted by Gasteiger charge is 2.11. The van der Waals surface area contributed by atoms with E-state index in [4.69, 9.17) is 18.9 Å². The summed E-state index contributed by atoms with van der Waals surface area (Å²) < 4.78 is 21.4. The van der Waals surface area contributed by atoms with Crippen LogP contribution in [0.3, 0.4) is 0 Å². The fourth-order valence-electron chi connectivity index (χ4n) is 2.30. The predicted molar refractivity (Wildman–Crippen MR) is 101 cm³/mol. The van der Waals surface area contributed by atoms with Gasteiger partial charge in [0.25, 0.3) is 5.91 Å². The van der Waals surface area contributed by atoms with Crippen LogP contribution in [0, 0.1) is 0 Å². The zero-order valence-corrected chi connectivity index (χ0v) is 15.6. The molecule has 7 nitrogen and oxygen atoms in total. The quantitative estimate of drug-likeness (QED) is 0.643. The Morgan fingerprint density at radius 1 is 1.00 bits per heavy atom. The van der Waals surface area contributed by atoms with E-state index in [2.05, 4.69) is 5.32 Å². The van der Waals surface area contributed by atoms with Crippen molar-refractivity contribution in [2.24, 2.45) is 0 Å². The lowest BCUT2D eigenvalue weighted by Crippen LogP contribution is -2.20. The summed E-state index contributed by atoms with van der Waals surface area (Å²) in [6.07, 6.45) is 1.53. The van der Waals surface area contributed by atoms with Crippen molar-refractivity contribution >= 4 is 17.9 Å². The molecule has 1 amide bonds. The second-order valence-corrected chi connectivity index (χ2v) is 5.57. The van der Waals surface area contributed by atoms with E-state index in [1.807, 2.05) is 6.92 Å². The van der Waals surface area contributed by atoms with Crippen LogP contribution in [0.4, 0.5) is 5.69 Å². The number of aldehydes is 1. The number of hydrogen-bond acceptors (Lipinski definition) is 6. The molecule has 2 rings (SSSR count). The minimum atomic E-state index is -0.376. The number of benzene rings is 2. The Balaban J connectivity index is 2.01. The Hall–Kier alpha value is -3.22. The number of rotatable bonds is 10. The summed E-state index contributed by atoms with van der Waals surface area (Å²) in [5.41, 5.74) is 0.884. The zero-order chi connectivity index (χ0) is 19.6. The minimum absolute atomic E-state index is 0.258. The third-order valence-electron chi connectivity index (χ3n) is 3.61. The summed E-state index contributed by atoms with van der Waals surface area (Å²) in [5, 5.41) is 2.71. The highest BCUT2D eigenvalue weighted by molar-refractivity contribution is 5.92. The van der Waals surface area contributed by atoms with Gasteiger partial charge in [-0.05, 0) is 30.7 Å². The molecule has 0 unspecified atom stereocenters. The van der Waals surface area contributed by atoms with Crippen molar-refractivity contribution in [3.05, 3.63) is 42.0 Å². The van der Waals surface area contributed by atoms with Crippen LogP contribution in [-0.4, -0.2) is 39.6 Å². The highest BCUT2D eigenvalue weighted by Crippen LogP contribution is 2.29. The lowest BCUT2D eigenvalue weighted by molar-refractivity contribution is -0.118. The van der Waals surface area contributed by atoms with E-state index in [1.165, 1.54) is 14.2 Å². The van der Waals surface area contributed by atoms with Crippen LogP contribution in [0.25, 0.3) is 0 Å². The molecule has 0 saturated carbocycles. The molecular formula is C20H23NO6. The van der Waals surface area contributed by atoms with Crippen molar-refractivity contribution in [3.8, 4) is 23.0 Å². The molecule has 0 atom stereocenters. The first-order valence-corrected chi connectivity index (χ1v) is 8.48. The molecule has 1 N–H and O–H groups in total. The third-order valence-corrected chi connectivity index (χ3v) is 3.61. The van der Waals surface area contributed by atoms with Crippen LogP contribution in [-0.2, 0) is 4.79 Å². The number of methoxy groups -OCH3 is 2. The summed E-state index contributed by atoms with van der Waals surface area (Å²) in [5.74, 6) is 1.56. The van der Waals surface area contributed by atoms with Crippen molar-refractivity contribution in [3.63, 3.8) is 0 Å². The van der Waals surface area contributed by atoms with Crippen LogP contribution in [0.5, 0.6) is 23.0 Å². The Labute approximate surface area is 158 Å². The van der Waals surface area contributed by atoms with Crippen molar-refractivity contribution < 1.29 is 28.5 Å². The van der Waals surface area contributed by atoms with E-state index >= 15 is 0 Å². The van der Waals surface area contributed by atoms with Crippen LogP contribution in [0.15, 0.2) is 36.4 Å². The largest absolute Gasteiger partial charge is 0.493 e. The zero-order valence-electron chi connectivity index (χ0n) is 15.6. The first-order chi connectivity index (χ1) is 13.1. The highest BCUT2D eigenvalue weighted by atomic mass is 16.5. The maximum absolute atomic E-state index is 12.2. The summed E-state index contributed by atoms with van der Waals surface area (Å²) >= 11 is 0. The van der Waals surface area contributed by atoms with Gasteiger partial charge in [-0.15, -0.1) is 0 Å². The molecular weight excluding hydrogens is 350 g/mol. The topological polar surface area (TPSA) is 83.1 Å². The number of amides is 1. The molecule has 0 radical (unpaired) electrons. The van der Waals surface area contributed by atoms with Gasteiger partial charge in [0, 0.05) is 17.8 Å². The fourth-order valence-corrected chi connectivity index (χ4v) is 2.30. The number of hydrogen-bond donors (Lipinski definition) is 1. The minimum Gasteiger partial charge on any atom is -0.493 e. The van der Waals surface area contributed by atoms with E-state index < -0.39 is 0 Å². The van der Waals surface area contributed by atoms with Gasteiger partial charge in [-0.3, -0.25) is 9.59 Å². The number of ether oxygens (including phenoxy) is 4. The monoisotopic (exact) mass is 373 g/mol. The summed E-state index contributed by atoms with van der Waals surface area (Å²) in [7, 11) is 3.05. The Morgan fingerprint density at radius 2 is 1.78 bits per heavy atom. The van der Waals surface area contributed by atoms with Gasteiger partial charge in [0.15, 0.2) is 24.4 Å². The smallest absolute Gasteiger partial charge is 0.262 e. The van der Waals surface area contributed by atoms with E-state index in [9.17, 15) is 9.59 Å². The Bertz CT molecular complexity index is 790. The summed E-state index contributed by atoms with van der Waals surface area (Å²) in [4.78, 5) is 23.3. The number of nitrogens with one attached hydrogen (secondary N) is 1. The number of carbonyl (C=O) groups is 2. The van der Waals surface area contributed by atoms with Crippen LogP contribution < -0.4 is 24.3 Å². The predicted octanol–water partition coefficient (Wildman–Crippen LogP) is 3.32.